The summed E-state index contributed by atoms with van der Waals surface area (Å²) in [5.41, 5.74) is 19.1. The van der Waals surface area contributed by atoms with E-state index in [-0.39, 0.29) is 0 Å². The molecule has 0 aliphatic rings. The fourth-order valence-corrected chi connectivity index (χ4v) is 20.9. The molecule has 23 rings (SSSR count). The Balaban J connectivity index is 0.967. The average molecular weight is 1410 g/mol. The van der Waals surface area contributed by atoms with Gasteiger partial charge in [0.1, 0.15) is 23.3 Å². The molecule has 0 atom stereocenters. The Kier molecular flexibility index (Phi) is 13.0. The molecule has 108 heavy (non-hydrogen) atoms. The summed E-state index contributed by atoms with van der Waals surface area (Å²) in [7, 11) is 0. The van der Waals surface area contributed by atoms with Crippen molar-refractivity contribution in [2.24, 2.45) is 0 Å². The van der Waals surface area contributed by atoms with Crippen molar-refractivity contribution < 1.29 is 0 Å². The largest absolute Gasteiger partial charge is 0.306 e. The van der Waals surface area contributed by atoms with Gasteiger partial charge in [-0.3, -0.25) is 0 Å². The molecule has 0 saturated carbocycles. The van der Waals surface area contributed by atoms with Gasteiger partial charge in [0.15, 0.2) is 0 Å². The molecule has 0 spiro atoms. The van der Waals surface area contributed by atoms with Gasteiger partial charge >= 0.3 is 0 Å². The van der Waals surface area contributed by atoms with Gasteiger partial charge in [-0.05, 0) is 115 Å². The highest BCUT2D eigenvalue weighted by atomic mass is 32.1. The fraction of sp³-hybridized carbons (Fsp3) is 0. The number of benzene rings is 17. The van der Waals surface area contributed by atoms with E-state index in [1.165, 1.54) is 21.5 Å². The highest BCUT2D eigenvalue weighted by Gasteiger charge is 2.36. The van der Waals surface area contributed by atoms with E-state index in [0.717, 1.165) is 172 Å². The van der Waals surface area contributed by atoms with Crippen LogP contribution in [0.15, 0.2) is 340 Å². The molecule has 6 nitrogen and oxygen atoms in total. The molecule has 6 heterocycles. The van der Waals surface area contributed by atoms with E-state index in [4.69, 9.17) is 0 Å². The zero-order valence-electron chi connectivity index (χ0n) is 57.8. The highest BCUT2D eigenvalue weighted by molar-refractivity contribution is 7.27. The lowest BCUT2D eigenvalue weighted by atomic mass is 9.89. The Morgan fingerprint density at radius 1 is 0.222 bits per heavy atom. The molecule has 0 unspecified atom stereocenters. The molecule has 0 N–H and O–H groups in total. The second-order valence-electron chi connectivity index (χ2n) is 28.2. The summed E-state index contributed by atoms with van der Waals surface area (Å²) < 4.78 is 14.0. The van der Waals surface area contributed by atoms with E-state index in [9.17, 15) is 10.5 Å². The predicted molar refractivity (Wildman–Crippen MR) is 456 cm³/mol. The van der Waals surface area contributed by atoms with Crippen LogP contribution < -0.4 is 0 Å². The summed E-state index contributed by atoms with van der Waals surface area (Å²) in [4.78, 5) is 0. The quantitative estimate of drug-likeness (QED) is 0.152. The molecule has 0 aliphatic carbocycles. The lowest BCUT2D eigenvalue weighted by Crippen LogP contribution is -2.16. The van der Waals surface area contributed by atoms with Crippen molar-refractivity contribution in [3.8, 4) is 79.4 Å². The maximum absolute atomic E-state index is 13.8. The fourth-order valence-electron chi connectivity index (χ4n) is 18.4. The third-order valence-corrected chi connectivity index (χ3v) is 25.2. The average Bonchev–Trinajstić information content (AvgIpc) is 1.50. The Morgan fingerprint density at radius 3 is 1.06 bits per heavy atom. The standard InChI is InChI=1S/C100H56N6S2/c101-57-82-94(104-86-45-17-11-36-72(86)73-37-12-18-46-87(73)104)96(106-89-56-61(64-30-5-6-31-65(64)66-40-21-26-59-24-1-3-28-62(59)66)50-51-74(89)78-52-53-79-75-38-13-19-48-90(75)107-99(79)97(78)106)83(58-102)93(103-84-43-15-9-34-70(84)71-35-10-16-44-85(71)103)95(82)105-88-47-23-42-77(69-33-8-7-32-68(69)67-41-22-27-60-25-2-4-29-63(60)67)92(88)81-55-54-80-76-39-14-20-49-91(76)108-100(80)98(81)105/h1-56H. The van der Waals surface area contributed by atoms with Gasteiger partial charge in [0.2, 0.25) is 0 Å². The summed E-state index contributed by atoms with van der Waals surface area (Å²) in [6, 6.07) is 129. The van der Waals surface area contributed by atoms with Crippen molar-refractivity contribution in [2.45, 2.75) is 0 Å². The van der Waals surface area contributed by atoms with Crippen LogP contribution in [0.5, 0.6) is 0 Å². The molecule has 23 aromatic rings. The smallest absolute Gasteiger partial charge is 0.104 e. The van der Waals surface area contributed by atoms with Gasteiger partial charge in [0, 0.05) is 74.0 Å². The molecule has 6 aromatic heterocycles. The van der Waals surface area contributed by atoms with E-state index >= 15 is 0 Å². The molecule has 0 fully saturated rings. The van der Waals surface area contributed by atoms with E-state index in [1.54, 1.807) is 22.7 Å². The van der Waals surface area contributed by atoms with Gasteiger partial charge in [-0.25, -0.2) is 0 Å². The van der Waals surface area contributed by atoms with Crippen LogP contribution in [0.1, 0.15) is 11.1 Å². The minimum atomic E-state index is 0.391. The Labute approximate surface area is 626 Å². The van der Waals surface area contributed by atoms with Gasteiger partial charge in [-0.2, -0.15) is 10.5 Å². The molecular weight excluding hydrogens is 1350 g/mol. The number of hydrogen-bond donors (Lipinski definition) is 0. The molecular formula is C100H56N6S2. The molecule has 0 aliphatic heterocycles. The van der Waals surface area contributed by atoms with Crippen LogP contribution in [-0.4, -0.2) is 18.3 Å². The maximum atomic E-state index is 13.8. The lowest BCUT2D eigenvalue weighted by Gasteiger charge is -2.27. The van der Waals surface area contributed by atoms with Crippen molar-refractivity contribution in [2.75, 3.05) is 0 Å². The van der Waals surface area contributed by atoms with Crippen molar-refractivity contribution in [3.63, 3.8) is 0 Å². The monoisotopic (exact) mass is 1400 g/mol. The molecule has 498 valence electrons. The van der Waals surface area contributed by atoms with E-state index in [0.29, 0.717) is 33.9 Å². The third kappa shape index (κ3) is 8.38. The van der Waals surface area contributed by atoms with Crippen molar-refractivity contribution in [1.82, 2.24) is 18.3 Å². The van der Waals surface area contributed by atoms with Crippen LogP contribution in [0.2, 0.25) is 0 Å². The van der Waals surface area contributed by atoms with Gasteiger partial charge in [0.25, 0.3) is 0 Å². The highest BCUT2D eigenvalue weighted by Crippen LogP contribution is 2.54. The molecule has 0 radical (unpaired) electrons. The molecule has 0 amide bonds. The second kappa shape index (κ2) is 23.2. The molecule has 0 bridgehead atoms. The summed E-state index contributed by atoms with van der Waals surface area (Å²) in [5, 5.41) is 44.9. The second-order valence-corrected chi connectivity index (χ2v) is 30.3. The Hall–Kier alpha value is -14.1. The number of aromatic nitrogens is 4. The summed E-state index contributed by atoms with van der Waals surface area (Å²) in [5.74, 6) is 0. The van der Waals surface area contributed by atoms with Gasteiger partial charge in [0.05, 0.1) is 76.3 Å². The summed E-state index contributed by atoms with van der Waals surface area (Å²) >= 11 is 3.55. The van der Waals surface area contributed by atoms with E-state index in [2.05, 4.69) is 370 Å². The van der Waals surface area contributed by atoms with Crippen LogP contribution in [0, 0.1) is 22.7 Å². The van der Waals surface area contributed by atoms with Crippen LogP contribution in [0.25, 0.3) is 216 Å². The number of nitrogens with zero attached hydrogens (tertiary/aromatic N) is 6. The van der Waals surface area contributed by atoms with Crippen LogP contribution >= 0.6 is 22.7 Å². The third-order valence-electron chi connectivity index (χ3n) is 22.9. The number of para-hydroxylation sites is 4. The van der Waals surface area contributed by atoms with Crippen LogP contribution in [-0.2, 0) is 0 Å². The SMILES string of the molecule is N#Cc1c(-n2c3ccccc3c3ccccc32)c(-n2c3cccc(-c4ccccc4-c4cccc5ccccc45)c3c3ccc4c5ccccc5sc4c32)c(C#N)c(-n2c3ccccc3c3ccccc32)c1-n1c2cc(-c3ccccc3-c3cccc4ccccc34)ccc2c2ccc3c4ccccc4sc3c21. The van der Waals surface area contributed by atoms with Crippen molar-refractivity contribution in [3.05, 3.63) is 351 Å². The maximum Gasteiger partial charge on any atom is 0.104 e. The minimum absolute atomic E-state index is 0.391. The predicted octanol–water partition coefficient (Wildman–Crippen LogP) is 27.5. The van der Waals surface area contributed by atoms with Crippen molar-refractivity contribution in [1.29, 1.82) is 10.5 Å². The normalized spacial score (nSPS) is 12.1. The first-order chi connectivity index (χ1) is 53.6. The first-order valence-corrected chi connectivity index (χ1v) is 38.1. The number of hydrogen-bond acceptors (Lipinski definition) is 4. The zero-order valence-corrected chi connectivity index (χ0v) is 59.5. The molecule has 17 aromatic carbocycles. The number of rotatable bonds is 8. The molecule has 0 saturated heterocycles. The summed E-state index contributed by atoms with van der Waals surface area (Å²) in [6.07, 6.45) is 0. The first-order valence-electron chi connectivity index (χ1n) is 36.5. The van der Waals surface area contributed by atoms with Gasteiger partial charge in [-0.15, -0.1) is 22.7 Å². The van der Waals surface area contributed by atoms with Crippen LogP contribution in [0.3, 0.4) is 0 Å². The molecule has 8 heteroatoms. The Morgan fingerprint density at radius 2 is 0.546 bits per heavy atom. The first kappa shape index (κ1) is 60.3. The number of fused-ring (bicyclic) bond motifs is 22. The Bertz CT molecular complexity index is 7710. The van der Waals surface area contributed by atoms with Gasteiger partial charge in [-0.1, -0.05) is 291 Å². The zero-order chi connectivity index (χ0) is 71.0. The summed E-state index contributed by atoms with van der Waals surface area (Å²) in [6.45, 7) is 0. The van der Waals surface area contributed by atoms with Crippen LogP contribution in [0.4, 0.5) is 0 Å². The van der Waals surface area contributed by atoms with Gasteiger partial charge < -0.3 is 18.3 Å². The van der Waals surface area contributed by atoms with Crippen molar-refractivity contribution >= 4 is 172 Å². The van der Waals surface area contributed by atoms with E-state index in [1.807, 2.05) is 0 Å². The minimum Gasteiger partial charge on any atom is -0.306 e. The lowest BCUT2D eigenvalue weighted by molar-refractivity contribution is 1.03. The number of thiophene rings is 2. The topological polar surface area (TPSA) is 67.3 Å². The van der Waals surface area contributed by atoms with E-state index < -0.39 is 0 Å². The number of nitriles is 2.